The third-order valence-corrected chi connectivity index (χ3v) is 4.39. The maximum Gasteiger partial charge on any atom is 0.127 e. The minimum absolute atomic E-state index is 0.0868. The van der Waals surface area contributed by atoms with Gasteiger partial charge in [0.2, 0.25) is 0 Å². The minimum Gasteiger partial charge on any atom is -0.313 e. The summed E-state index contributed by atoms with van der Waals surface area (Å²) in [7, 11) is 4.25. The van der Waals surface area contributed by atoms with E-state index in [9.17, 15) is 4.39 Å². The van der Waals surface area contributed by atoms with Crippen LogP contribution in [0, 0.1) is 11.7 Å². The zero-order chi connectivity index (χ0) is 15.4. The summed E-state index contributed by atoms with van der Waals surface area (Å²) in [6.45, 7) is 8.87. The Morgan fingerprint density at radius 3 is 2.71 bits per heavy atom. The summed E-state index contributed by atoms with van der Waals surface area (Å²) < 4.78 is 14.0. The molecule has 1 aliphatic heterocycles. The lowest BCUT2D eigenvalue weighted by Crippen LogP contribution is -2.34. The highest BCUT2D eigenvalue weighted by molar-refractivity contribution is 5.25. The molecule has 1 fully saturated rings. The Hall–Kier alpha value is -0.970. The minimum atomic E-state index is -0.0868. The molecule has 2 rings (SSSR count). The van der Waals surface area contributed by atoms with E-state index in [1.54, 1.807) is 6.07 Å². The number of benzene rings is 1. The molecule has 0 bridgehead atoms. The Labute approximate surface area is 128 Å². The van der Waals surface area contributed by atoms with E-state index in [2.05, 4.69) is 43.1 Å². The van der Waals surface area contributed by atoms with Gasteiger partial charge in [0, 0.05) is 37.8 Å². The average molecular weight is 293 g/mol. The molecule has 0 saturated carbocycles. The van der Waals surface area contributed by atoms with E-state index in [0.29, 0.717) is 18.5 Å². The highest BCUT2D eigenvalue weighted by Gasteiger charge is 2.31. The van der Waals surface area contributed by atoms with Gasteiger partial charge in [-0.25, -0.2) is 4.39 Å². The fourth-order valence-corrected chi connectivity index (χ4v) is 3.22. The largest absolute Gasteiger partial charge is 0.313 e. The summed E-state index contributed by atoms with van der Waals surface area (Å²) in [5.41, 5.74) is 1.97. The molecule has 0 radical (unpaired) electrons. The first-order valence-electron chi connectivity index (χ1n) is 7.88. The van der Waals surface area contributed by atoms with Gasteiger partial charge in [-0.15, -0.1) is 0 Å². The first-order chi connectivity index (χ1) is 10.0. The zero-order valence-electron chi connectivity index (χ0n) is 13.7. The van der Waals surface area contributed by atoms with Crippen LogP contribution in [0.1, 0.15) is 25.0 Å². The Morgan fingerprint density at radius 1 is 1.33 bits per heavy atom. The molecular weight excluding hydrogens is 265 g/mol. The Morgan fingerprint density at radius 2 is 2.10 bits per heavy atom. The quantitative estimate of drug-likeness (QED) is 0.868. The van der Waals surface area contributed by atoms with Gasteiger partial charge in [-0.2, -0.15) is 0 Å². The molecule has 1 aromatic carbocycles. The highest BCUT2D eigenvalue weighted by atomic mass is 19.1. The molecule has 118 valence electrons. The van der Waals surface area contributed by atoms with Crippen molar-refractivity contribution in [2.75, 3.05) is 33.7 Å². The smallest absolute Gasteiger partial charge is 0.127 e. The Bertz CT molecular complexity index is 461. The van der Waals surface area contributed by atoms with Crippen molar-refractivity contribution in [1.29, 1.82) is 0 Å². The molecule has 1 aliphatic rings. The Balaban J connectivity index is 2.02. The van der Waals surface area contributed by atoms with Crippen LogP contribution in [0.25, 0.3) is 0 Å². The fourth-order valence-electron chi connectivity index (χ4n) is 3.22. The van der Waals surface area contributed by atoms with Gasteiger partial charge >= 0.3 is 0 Å². The van der Waals surface area contributed by atoms with Crippen LogP contribution in [-0.2, 0) is 13.1 Å². The molecule has 0 aliphatic carbocycles. The van der Waals surface area contributed by atoms with Crippen molar-refractivity contribution in [2.24, 2.45) is 5.92 Å². The van der Waals surface area contributed by atoms with Crippen LogP contribution in [0.5, 0.6) is 0 Å². The summed E-state index contributed by atoms with van der Waals surface area (Å²) in [6, 6.07) is 6.05. The first kappa shape index (κ1) is 16.4. The topological polar surface area (TPSA) is 18.5 Å². The van der Waals surface area contributed by atoms with Gasteiger partial charge in [0.1, 0.15) is 5.82 Å². The van der Waals surface area contributed by atoms with E-state index in [1.165, 1.54) is 0 Å². The summed E-state index contributed by atoms with van der Waals surface area (Å²) in [5, 5.41) is 3.29. The average Bonchev–Trinajstić information content (AvgIpc) is 2.80. The molecule has 0 aromatic heterocycles. The van der Waals surface area contributed by atoms with E-state index < -0.39 is 0 Å². The van der Waals surface area contributed by atoms with E-state index >= 15 is 0 Å². The molecule has 4 heteroatoms. The molecule has 0 spiro atoms. The third-order valence-electron chi connectivity index (χ3n) is 4.39. The van der Waals surface area contributed by atoms with Crippen LogP contribution >= 0.6 is 0 Å². The van der Waals surface area contributed by atoms with E-state index in [4.69, 9.17) is 0 Å². The van der Waals surface area contributed by atoms with Crippen LogP contribution in [0.3, 0.4) is 0 Å². The van der Waals surface area contributed by atoms with E-state index in [0.717, 1.165) is 37.3 Å². The summed E-state index contributed by atoms with van der Waals surface area (Å²) in [6.07, 6.45) is 0. The number of halogens is 1. The predicted molar refractivity (Wildman–Crippen MR) is 85.7 cm³/mol. The normalized spacial score (nSPS) is 23.1. The molecule has 1 aromatic rings. The van der Waals surface area contributed by atoms with Crippen LogP contribution in [0.15, 0.2) is 18.2 Å². The van der Waals surface area contributed by atoms with Gasteiger partial charge < -0.3 is 10.2 Å². The molecular formula is C17H28FN3. The maximum atomic E-state index is 14.0. The second kappa shape index (κ2) is 7.34. The first-order valence-corrected chi connectivity index (χ1v) is 7.88. The van der Waals surface area contributed by atoms with Gasteiger partial charge in [0.05, 0.1) is 0 Å². The van der Waals surface area contributed by atoms with E-state index in [1.807, 2.05) is 12.1 Å². The number of nitrogens with zero attached hydrogens (tertiary/aromatic N) is 2. The van der Waals surface area contributed by atoms with Crippen molar-refractivity contribution >= 4 is 0 Å². The molecule has 21 heavy (non-hydrogen) atoms. The molecule has 1 N–H and O–H groups in total. The van der Waals surface area contributed by atoms with Crippen LogP contribution in [0.2, 0.25) is 0 Å². The monoisotopic (exact) mass is 293 g/mol. The SMILES string of the molecule is CCNCc1ccc(F)c(CN2CC(C)C(N(C)C)C2)c1. The number of rotatable bonds is 6. The van der Waals surface area contributed by atoms with Gasteiger partial charge in [-0.3, -0.25) is 4.90 Å². The summed E-state index contributed by atoms with van der Waals surface area (Å²) in [5.74, 6) is 0.546. The lowest BCUT2D eigenvalue weighted by Gasteiger charge is -2.22. The van der Waals surface area contributed by atoms with Crippen molar-refractivity contribution < 1.29 is 4.39 Å². The number of hydrogen-bond donors (Lipinski definition) is 1. The van der Waals surface area contributed by atoms with Crippen molar-refractivity contribution in [3.63, 3.8) is 0 Å². The van der Waals surface area contributed by atoms with E-state index in [-0.39, 0.29) is 5.82 Å². The van der Waals surface area contributed by atoms with Crippen molar-refractivity contribution in [2.45, 2.75) is 33.0 Å². The molecule has 2 unspecified atom stereocenters. The van der Waals surface area contributed by atoms with Crippen LogP contribution < -0.4 is 5.32 Å². The molecule has 3 nitrogen and oxygen atoms in total. The number of likely N-dealkylation sites (N-methyl/N-ethyl adjacent to an activating group) is 1. The van der Waals surface area contributed by atoms with Gasteiger partial charge in [0.25, 0.3) is 0 Å². The summed E-state index contributed by atoms with van der Waals surface area (Å²) in [4.78, 5) is 4.65. The van der Waals surface area contributed by atoms with Gasteiger partial charge in [-0.1, -0.05) is 26.0 Å². The van der Waals surface area contributed by atoms with Crippen LogP contribution in [-0.4, -0.2) is 49.6 Å². The number of likely N-dealkylation sites (tertiary alicyclic amines) is 1. The molecule has 2 atom stereocenters. The summed E-state index contributed by atoms with van der Waals surface area (Å²) >= 11 is 0. The van der Waals surface area contributed by atoms with Gasteiger partial charge in [0.15, 0.2) is 0 Å². The third kappa shape index (κ3) is 4.25. The fraction of sp³-hybridized carbons (Fsp3) is 0.647. The molecule has 0 amide bonds. The standard InChI is InChI=1S/C17H28FN3/c1-5-19-9-14-6-7-16(18)15(8-14)11-21-10-13(2)17(12-21)20(3)4/h6-8,13,17,19H,5,9-12H2,1-4H3. The number of nitrogens with one attached hydrogen (secondary N) is 1. The second-order valence-corrected chi connectivity index (χ2v) is 6.41. The van der Waals surface area contributed by atoms with Crippen molar-refractivity contribution in [3.05, 3.63) is 35.1 Å². The second-order valence-electron chi connectivity index (χ2n) is 6.41. The highest BCUT2D eigenvalue weighted by Crippen LogP contribution is 2.23. The maximum absolute atomic E-state index is 14.0. The molecule has 1 saturated heterocycles. The lowest BCUT2D eigenvalue weighted by atomic mass is 10.1. The number of hydrogen-bond acceptors (Lipinski definition) is 3. The zero-order valence-corrected chi connectivity index (χ0v) is 13.7. The van der Waals surface area contributed by atoms with Crippen molar-refractivity contribution in [3.8, 4) is 0 Å². The lowest BCUT2D eigenvalue weighted by molar-refractivity contribution is 0.249. The van der Waals surface area contributed by atoms with Crippen molar-refractivity contribution in [1.82, 2.24) is 15.1 Å². The predicted octanol–water partition coefficient (Wildman–Crippen LogP) is 2.32. The van der Waals surface area contributed by atoms with Crippen LogP contribution in [0.4, 0.5) is 4.39 Å². The van der Waals surface area contributed by atoms with Gasteiger partial charge in [-0.05, 0) is 38.2 Å². The molecule has 1 heterocycles. The Kier molecular flexibility index (Phi) is 5.73.